The molecule has 0 aromatic carbocycles. The van der Waals surface area contributed by atoms with E-state index in [0.29, 0.717) is 6.42 Å². The Morgan fingerprint density at radius 3 is 2.35 bits per heavy atom. The third-order valence-corrected chi connectivity index (χ3v) is 3.10. The lowest BCUT2D eigenvalue weighted by atomic mass is 9.96. The molecule has 0 heterocycles. The molecule has 0 atom stereocenters. The van der Waals surface area contributed by atoms with E-state index in [9.17, 15) is 4.79 Å². The van der Waals surface area contributed by atoms with Crippen LogP contribution in [0.4, 0.5) is 0 Å². The van der Waals surface area contributed by atoms with Crippen LogP contribution in [0.3, 0.4) is 0 Å². The first-order valence-corrected chi connectivity index (χ1v) is 6.84. The molecule has 0 aliphatic carbocycles. The second kappa shape index (κ2) is 8.51. The van der Waals surface area contributed by atoms with E-state index in [1.54, 1.807) is 19.0 Å². The molecule has 0 aliphatic heterocycles. The highest BCUT2D eigenvalue weighted by molar-refractivity contribution is 5.75. The SMILES string of the molecule is CCCCCCC(C)(C)NCCC(=O)N(C)C. The first-order chi connectivity index (χ1) is 7.89. The van der Waals surface area contributed by atoms with Gasteiger partial charge in [-0.05, 0) is 20.3 Å². The van der Waals surface area contributed by atoms with Gasteiger partial charge in [-0.3, -0.25) is 4.79 Å². The Bertz CT molecular complexity index is 212. The summed E-state index contributed by atoms with van der Waals surface area (Å²) in [6, 6.07) is 0. The molecule has 102 valence electrons. The Labute approximate surface area is 107 Å². The topological polar surface area (TPSA) is 32.3 Å². The molecule has 3 nitrogen and oxygen atoms in total. The monoisotopic (exact) mass is 242 g/mol. The molecule has 1 N–H and O–H groups in total. The molecule has 0 bridgehead atoms. The van der Waals surface area contributed by atoms with Gasteiger partial charge in [-0.25, -0.2) is 0 Å². The summed E-state index contributed by atoms with van der Waals surface area (Å²) in [6.07, 6.45) is 6.97. The highest BCUT2D eigenvalue weighted by Gasteiger charge is 2.16. The van der Waals surface area contributed by atoms with Crippen LogP contribution in [-0.2, 0) is 4.79 Å². The molecule has 0 spiro atoms. The Hall–Kier alpha value is -0.570. The van der Waals surface area contributed by atoms with Crippen LogP contribution < -0.4 is 5.32 Å². The highest BCUT2D eigenvalue weighted by atomic mass is 16.2. The lowest BCUT2D eigenvalue weighted by Crippen LogP contribution is -2.41. The Kier molecular flexibility index (Phi) is 8.23. The summed E-state index contributed by atoms with van der Waals surface area (Å²) in [5.74, 6) is 0.194. The van der Waals surface area contributed by atoms with Crippen molar-refractivity contribution in [1.82, 2.24) is 10.2 Å². The normalized spacial score (nSPS) is 11.6. The molecule has 0 saturated heterocycles. The van der Waals surface area contributed by atoms with Crippen molar-refractivity contribution >= 4 is 5.91 Å². The fraction of sp³-hybridized carbons (Fsp3) is 0.929. The van der Waals surface area contributed by atoms with Crippen LogP contribution in [0.25, 0.3) is 0 Å². The van der Waals surface area contributed by atoms with E-state index in [4.69, 9.17) is 0 Å². The molecule has 0 aromatic rings. The third kappa shape index (κ3) is 9.16. The van der Waals surface area contributed by atoms with Gasteiger partial charge in [0, 0.05) is 32.6 Å². The van der Waals surface area contributed by atoms with E-state index in [-0.39, 0.29) is 11.4 Å². The Balaban J connectivity index is 3.66. The van der Waals surface area contributed by atoms with E-state index in [1.807, 2.05) is 0 Å². The standard InChI is InChI=1S/C14H30N2O/c1-6-7-8-9-11-14(2,3)15-12-10-13(17)16(4)5/h15H,6-12H2,1-5H3. The van der Waals surface area contributed by atoms with Crippen molar-refractivity contribution in [2.75, 3.05) is 20.6 Å². The van der Waals surface area contributed by atoms with Crippen molar-refractivity contribution in [2.24, 2.45) is 0 Å². The summed E-state index contributed by atoms with van der Waals surface area (Å²) < 4.78 is 0. The Morgan fingerprint density at radius 1 is 1.18 bits per heavy atom. The first kappa shape index (κ1) is 16.4. The smallest absolute Gasteiger partial charge is 0.223 e. The molecule has 0 saturated carbocycles. The molecule has 0 aromatic heterocycles. The lowest BCUT2D eigenvalue weighted by Gasteiger charge is -2.26. The molecule has 1 amide bonds. The minimum absolute atomic E-state index is 0.153. The highest BCUT2D eigenvalue weighted by Crippen LogP contribution is 2.14. The second-order valence-electron chi connectivity index (χ2n) is 5.66. The van der Waals surface area contributed by atoms with Crippen molar-refractivity contribution in [3.05, 3.63) is 0 Å². The average molecular weight is 242 g/mol. The van der Waals surface area contributed by atoms with Gasteiger partial charge in [-0.2, -0.15) is 0 Å². The zero-order valence-corrected chi connectivity index (χ0v) is 12.3. The molecule has 0 radical (unpaired) electrons. The summed E-state index contributed by atoms with van der Waals surface area (Å²) in [7, 11) is 3.61. The fourth-order valence-corrected chi connectivity index (χ4v) is 1.81. The van der Waals surface area contributed by atoms with Crippen molar-refractivity contribution in [2.45, 2.75) is 64.8 Å². The number of nitrogens with zero attached hydrogens (tertiary/aromatic N) is 1. The van der Waals surface area contributed by atoms with Crippen molar-refractivity contribution < 1.29 is 4.79 Å². The summed E-state index contributed by atoms with van der Waals surface area (Å²) in [5.41, 5.74) is 0.153. The van der Waals surface area contributed by atoms with Crippen LogP contribution in [-0.4, -0.2) is 37.0 Å². The van der Waals surface area contributed by atoms with Gasteiger partial charge >= 0.3 is 0 Å². The van der Waals surface area contributed by atoms with Gasteiger partial charge in [-0.1, -0.05) is 32.6 Å². The van der Waals surface area contributed by atoms with Crippen LogP contribution in [0.1, 0.15) is 59.3 Å². The molecular weight excluding hydrogens is 212 g/mol. The van der Waals surface area contributed by atoms with Crippen LogP contribution in [0, 0.1) is 0 Å². The van der Waals surface area contributed by atoms with Crippen LogP contribution in [0.5, 0.6) is 0 Å². The van der Waals surface area contributed by atoms with Crippen molar-refractivity contribution in [1.29, 1.82) is 0 Å². The van der Waals surface area contributed by atoms with Gasteiger partial charge in [-0.15, -0.1) is 0 Å². The molecular formula is C14H30N2O. The maximum absolute atomic E-state index is 11.4. The predicted molar refractivity (Wildman–Crippen MR) is 74.2 cm³/mol. The number of carbonyl (C=O) groups excluding carboxylic acids is 1. The quantitative estimate of drug-likeness (QED) is 0.631. The Morgan fingerprint density at radius 2 is 1.82 bits per heavy atom. The molecule has 0 aliphatic rings. The van der Waals surface area contributed by atoms with Gasteiger partial charge in [0.15, 0.2) is 0 Å². The number of carbonyl (C=O) groups is 1. The fourth-order valence-electron chi connectivity index (χ4n) is 1.81. The maximum atomic E-state index is 11.4. The van der Waals surface area contributed by atoms with Crippen LogP contribution >= 0.6 is 0 Å². The average Bonchev–Trinajstić information content (AvgIpc) is 2.24. The summed E-state index contributed by atoms with van der Waals surface area (Å²) in [4.78, 5) is 13.1. The van der Waals surface area contributed by atoms with Crippen molar-refractivity contribution in [3.63, 3.8) is 0 Å². The number of rotatable bonds is 9. The minimum atomic E-state index is 0.153. The van der Waals surface area contributed by atoms with E-state index in [2.05, 4.69) is 26.1 Å². The second-order valence-corrected chi connectivity index (χ2v) is 5.66. The molecule has 17 heavy (non-hydrogen) atoms. The van der Waals surface area contributed by atoms with E-state index in [1.165, 1.54) is 32.1 Å². The van der Waals surface area contributed by atoms with Crippen LogP contribution in [0.15, 0.2) is 0 Å². The van der Waals surface area contributed by atoms with Crippen molar-refractivity contribution in [3.8, 4) is 0 Å². The van der Waals surface area contributed by atoms with Gasteiger partial charge in [0.25, 0.3) is 0 Å². The maximum Gasteiger partial charge on any atom is 0.223 e. The van der Waals surface area contributed by atoms with Gasteiger partial charge < -0.3 is 10.2 Å². The molecule has 0 fully saturated rings. The van der Waals surface area contributed by atoms with Gasteiger partial charge in [0.1, 0.15) is 0 Å². The number of hydrogen-bond donors (Lipinski definition) is 1. The number of nitrogens with one attached hydrogen (secondary N) is 1. The third-order valence-electron chi connectivity index (χ3n) is 3.10. The van der Waals surface area contributed by atoms with E-state index < -0.39 is 0 Å². The molecule has 0 unspecified atom stereocenters. The summed E-state index contributed by atoms with van der Waals surface area (Å²) >= 11 is 0. The zero-order valence-electron chi connectivity index (χ0n) is 12.3. The number of unbranched alkanes of at least 4 members (excludes halogenated alkanes) is 3. The van der Waals surface area contributed by atoms with E-state index in [0.717, 1.165) is 6.54 Å². The predicted octanol–water partition coefficient (Wildman–Crippen LogP) is 2.80. The summed E-state index contributed by atoms with van der Waals surface area (Å²) in [5, 5.41) is 3.47. The van der Waals surface area contributed by atoms with Gasteiger partial charge in [0.2, 0.25) is 5.91 Å². The molecule has 3 heteroatoms. The zero-order chi connectivity index (χ0) is 13.3. The largest absolute Gasteiger partial charge is 0.349 e. The van der Waals surface area contributed by atoms with Crippen LogP contribution in [0.2, 0.25) is 0 Å². The first-order valence-electron chi connectivity index (χ1n) is 6.84. The minimum Gasteiger partial charge on any atom is -0.349 e. The summed E-state index contributed by atoms with van der Waals surface area (Å²) in [6.45, 7) is 7.45. The van der Waals surface area contributed by atoms with Gasteiger partial charge in [0.05, 0.1) is 0 Å². The number of amides is 1. The molecule has 0 rings (SSSR count). The van der Waals surface area contributed by atoms with E-state index >= 15 is 0 Å². The lowest BCUT2D eigenvalue weighted by molar-refractivity contribution is -0.128. The number of hydrogen-bond acceptors (Lipinski definition) is 2.